The SMILES string of the molecule is c1cc(-n2c3ccccc3c3ccccc32)cc(-n2c3ccccc3c3ccccc32)c1.c1ccc(-c2nc(-c3ccccc3)nc(-c3ccc(-n4c5ccc(C6c7ccccc7-c7ccccc76)cc5c5cc(-n6c7ccccc7c7ccccc76)ccc54)cc3)n2)cc1. The molecule has 0 radical (unpaired) electrons. The number of rotatable bonds is 8. The van der Waals surface area contributed by atoms with Crippen molar-refractivity contribution in [1.82, 2.24) is 33.2 Å². The maximum absolute atomic E-state index is 5.02. The number of nitrogens with zero attached hydrogens (tertiary/aromatic N) is 7. The maximum Gasteiger partial charge on any atom is 0.164 e. The van der Waals surface area contributed by atoms with Crippen LogP contribution in [-0.4, -0.2) is 33.2 Å². The molecule has 0 bridgehead atoms. The van der Waals surface area contributed by atoms with E-state index in [2.05, 4.69) is 297 Å². The first kappa shape index (κ1) is 54.1. The minimum atomic E-state index is 0.141. The third-order valence-electron chi connectivity index (χ3n) is 19.4. The highest BCUT2D eigenvalue weighted by Gasteiger charge is 2.30. The van der Waals surface area contributed by atoms with Gasteiger partial charge in [-0.3, -0.25) is 0 Å². The standard InChI is InChI=1S/C58H37N5.C30H20N2/c1-3-15-37(16-4-1)56-59-57(38-17-5-2-6-18-38)61-58(60-56)39-27-30-41(31-28-39)62-53-33-29-40(55-47-23-9-7-19-43(47)44-20-8-10-24-48(44)55)35-49(53)50-36-42(32-34-54(50)62)63-51-25-13-11-21-45(51)46-22-12-14-26-52(46)63;1-5-16-27-23(12-1)24-13-2-6-17-28(24)31(27)21-10-9-11-22(20-21)32-29-18-7-3-14-25(29)26-15-4-8-19-30(26)32/h1-36,55H;1-20H. The Kier molecular flexibility index (Phi) is 12.5. The van der Waals surface area contributed by atoms with Gasteiger partial charge in [0.2, 0.25) is 0 Å². The molecular formula is C88H57N7. The molecule has 5 aromatic heterocycles. The molecule has 5 heterocycles. The van der Waals surface area contributed by atoms with Crippen LogP contribution in [-0.2, 0) is 0 Å². The molecule has 0 fully saturated rings. The van der Waals surface area contributed by atoms with Crippen molar-refractivity contribution in [3.63, 3.8) is 0 Å². The lowest BCUT2D eigenvalue weighted by atomic mass is 9.88. The number of benzene rings is 14. The zero-order chi connectivity index (χ0) is 62.5. The zero-order valence-electron chi connectivity index (χ0n) is 51.5. The second-order valence-corrected chi connectivity index (χ2v) is 24.6. The van der Waals surface area contributed by atoms with Gasteiger partial charge in [-0.05, 0) is 137 Å². The van der Waals surface area contributed by atoms with Gasteiger partial charge >= 0.3 is 0 Å². The van der Waals surface area contributed by atoms with Gasteiger partial charge < -0.3 is 18.3 Å². The molecule has 0 aliphatic heterocycles. The van der Waals surface area contributed by atoms with Crippen LogP contribution in [0.3, 0.4) is 0 Å². The van der Waals surface area contributed by atoms with E-state index in [9.17, 15) is 0 Å². The Balaban J connectivity index is 0.000000167. The molecule has 0 saturated carbocycles. The summed E-state index contributed by atoms with van der Waals surface area (Å²) in [5.74, 6) is 2.07. The van der Waals surface area contributed by atoms with Gasteiger partial charge in [-0.2, -0.15) is 0 Å². The van der Waals surface area contributed by atoms with Gasteiger partial charge in [0.1, 0.15) is 0 Å². The Labute approximate surface area is 547 Å². The van der Waals surface area contributed by atoms with Crippen molar-refractivity contribution >= 4 is 87.2 Å². The molecule has 0 amide bonds. The van der Waals surface area contributed by atoms with E-state index < -0.39 is 0 Å². The fraction of sp³-hybridized carbons (Fsp3) is 0.0114. The van der Waals surface area contributed by atoms with Gasteiger partial charge in [-0.1, -0.05) is 231 Å². The van der Waals surface area contributed by atoms with E-state index in [0.717, 1.165) is 39.1 Å². The van der Waals surface area contributed by atoms with Crippen LogP contribution >= 0.6 is 0 Å². The molecule has 14 aromatic carbocycles. The maximum atomic E-state index is 5.02. The van der Waals surface area contributed by atoms with Crippen LogP contribution in [0, 0.1) is 0 Å². The smallest absolute Gasteiger partial charge is 0.164 e. The van der Waals surface area contributed by atoms with Crippen LogP contribution in [0.5, 0.6) is 0 Å². The van der Waals surface area contributed by atoms with Crippen molar-refractivity contribution in [2.75, 3.05) is 0 Å². The summed E-state index contributed by atoms with van der Waals surface area (Å²) in [4.78, 5) is 15.0. The highest BCUT2D eigenvalue weighted by Crippen LogP contribution is 2.49. The van der Waals surface area contributed by atoms with E-state index in [4.69, 9.17) is 15.0 Å². The van der Waals surface area contributed by atoms with Crippen molar-refractivity contribution in [3.8, 4) is 68.0 Å². The molecule has 444 valence electrons. The van der Waals surface area contributed by atoms with Crippen LogP contribution in [0.25, 0.3) is 155 Å². The molecule has 0 unspecified atom stereocenters. The molecule has 95 heavy (non-hydrogen) atoms. The van der Waals surface area contributed by atoms with Crippen LogP contribution in [0.4, 0.5) is 0 Å². The molecule has 1 aliphatic rings. The van der Waals surface area contributed by atoms with Crippen molar-refractivity contribution in [1.29, 1.82) is 0 Å². The summed E-state index contributed by atoms with van der Waals surface area (Å²) in [5, 5.41) is 10.1. The molecule has 20 rings (SSSR count). The fourth-order valence-corrected chi connectivity index (χ4v) is 15.2. The summed E-state index contributed by atoms with van der Waals surface area (Å²) in [6, 6.07) is 122. The Bertz CT molecular complexity index is 5840. The molecular weight excluding hydrogens is 1160 g/mol. The second-order valence-electron chi connectivity index (χ2n) is 24.6. The van der Waals surface area contributed by atoms with E-state index in [-0.39, 0.29) is 5.92 Å². The molecule has 7 nitrogen and oxygen atoms in total. The van der Waals surface area contributed by atoms with Crippen molar-refractivity contribution in [2.24, 2.45) is 0 Å². The minimum absolute atomic E-state index is 0.141. The average Bonchev–Trinajstić information content (AvgIpc) is 1.58. The Hall–Kier alpha value is -12.7. The predicted molar refractivity (Wildman–Crippen MR) is 393 cm³/mol. The summed E-state index contributed by atoms with van der Waals surface area (Å²) >= 11 is 0. The van der Waals surface area contributed by atoms with Crippen LogP contribution < -0.4 is 0 Å². The van der Waals surface area contributed by atoms with E-state index >= 15 is 0 Å². The zero-order valence-corrected chi connectivity index (χ0v) is 51.5. The van der Waals surface area contributed by atoms with E-state index in [1.807, 2.05) is 60.7 Å². The molecule has 0 atom stereocenters. The predicted octanol–water partition coefficient (Wildman–Crippen LogP) is 22.1. The Morgan fingerprint density at radius 3 is 0.926 bits per heavy atom. The lowest BCUT2D eigenvalue weighted by molar-refractivity contribution is 1.02. The molecule has 0 spiro atoms. The van der Waals surface area contributed by atoms with Gasteiger partial charge in [0, 0.05) is 88.4 Å². The summed E-state index contributed by atoms with van der Waals surface area (Å²) in [5.41, 5.74) is 23.6. The topological polar surface area (TPSA) is 58.4 Å². The lowest BCUT2D eigenvalue weighted by Gasteiger charge is -2.15. The number of para-hydroxylation sites is 6. The van der Waals surface area contributed by atoms with Crippen LogP contribution in [0.1, 0.15) is 22.6 Å². The van der Waals surface area contributed by atoms with Crippen molar-refractivity contribution < 1.29 is 0 Å². The largest absolute Gasteiger partial charge is 0.309 e. The number of fused-ring (bicyclic) bond motifs is 15. The molecule has 1 aliphatic carbocycles. The van der Waals surface area contributed by atoms with E-state index in [1.165, 1.54) is 115 Å². The quantitative estimate of drug-likeness (QED) is 0.152. The van der Waals surface area contributed by atoms with Gasteiger partial charge in [0.15, 0.2) is 17.5 Å². The van der Waals surface area contributed by atoms with Gasteiger partial charge in [0.05, 0.1) is 44.1 Å². The first-order chi connectivity index (χ1) is 47.1. The molecule has 0 saturated heterocycles. The Morgan fingerprint density at radius 1 is 0.200 bits per heavy atom. The first-order valence-electron chi connectivity index (χ1n) is 32.4. The van der Waals surface area contributed by atoms with Gasteiger partial charge in [-0.15, -0.1) is 0 Å². The third kappa shape index (κ3) is 8.78. The van der Waals surface area contributed by atoms with Crippen LogP contribution in [0.15, 0.2) is 340 Å². The Morgan fingerprint density at radius 2 is 0.505 bits per heavy atom. The van der Waals surface area contributed by atoms with Crippen LogP contribution in [0.2, 0.25) is 0 Å². The normalized spacial score (nSPS) is 12.2. The first-order valence-corrected chi connectivity index (χ1v) is 32.4. The highest BCUT2D eigenvalue weighted by molar-refractivity contribution is 6.14. The second kappa shape index (κ2) is 22.0. The molecule has 0 N–H and O–H groups in total. The summed E-state index contributed by atoms with van der Waals surface area (Å²) in [6.07, 6.45) is 0. The molecule has 19 aromatic rings. The average molecular weight is 1210 g/mol. The van der Waals surface area contributed by atoms with E-state index in [0.29, 0.717) is 17.5 Å². The fourth-order valence-electron chi connectivity index (χ4n) is 15.2. The lowest BCUT2D eigenvalue weighted by Crippen LogP contribution is -2.01. The third-order valence-corrected chi connectivity index (χ3v) is 19.4. The molecule has 7 heteroatoms. The number of hydrogen-bond acceptors (Lipinski definition) is 3. The summed E-state index contributed by atoms with van der Waals surface area (Å²) < 4.78 is 9.57. The highest BCUT2D eigenvalue weighted by atomic mass is 15.0. The monoisotopic (exact) mass is 1210 g/mol. The van der Waals surface area contributed by atoms with Crippen molar-refractivity contribution in [3.05, 3.63) is 356 Å². The van der Waals surface area contributed by atoms with E-state index in [1.54, 1.807) is 0 Å². The van der Waals surface area contributed by atoms with Crippen molar-refractivity contribution in [2.45, 2.75) is 5.92 Å². The van der Waals surface area contributed by atoms with Gasteiger partial charge in [-0.25, -0.2) is 15.0 Å². The minimum Gasteiger partial charge on any atom is -0.309 e. The number of hydrogen-bond donors (Lipinski definition) is 0. The summed E-state index contributed by atoms with van der Waals surface area (Å²) in [7, 11) is 0. The summed E-state index contributed by atoms with van der Waals surface area (Å²) in [6.45, 7) is 0. The number of aromatic nitrogens is 7. The van der Waals surface area contributed by atoms with Gasteiger partial charge in [0.25, 0.3) is 0 Å².